The van der Waals surface area contributed by atoms with E-state index in [0.717, 1.165) is 6.42 Å². The minimum Gasteiger partial charge on any atom is -0.481 e. The Morgan fingerprint density at radius 1 is 1.30 bits per heavy atom. The van der Waals surface area contributed by atoms with E-state index in [4.69, 9.17) is 0 Å². The number of sulfonamides is 1. The second kappa shape index (κ2) is 5.91. The molecule has 23 heavy (non-hydrogen) atoms. The molecule has 3 rings (SSSR count). The van der Waals surface area contributed by atoms with E-state index in [1.165, 1.54) is 31.4 Å². The van der Waals surface area contributed by atoms with Crippen molar-refractivity contribution in [1.82, 2.24) is 4.72 Å². The molecule has 5 nitrogen and oxygen atoms in total. The predicted octanol–water partition coefficient (Wildman–Crippen LogP) is 2.66. The van der Waals surface area contributed by atoms with Crippen molar-refractivity contribution < 1.29 is 18.3 Å². The molecule has 2 aliphatic carbocycles. The van der Waals surface area contributed by atoms with Crippen LogP contribution in [-0.4, -0.2) is 25.5 Å². The first-order valence-corrected chi connectivity index (χ1v) is 9.68. The number of hydrogen-bond acceptors (Lipinski definition) is 3. The van der Waals surface area contributed by atoms with E-state index in [1.54, 1.807) is 12.1 Å². The number of benzene rings is 1. The molecule has 1 aromatic carbocycles. The summed E-state index contributed by atoms with van der Waals surface area (Å²) in [6, 6.07) is 6.20. The normalized spacial score (nSPS) is 21.4. The Morgan fingerprint density at radius 2 is 1.91 bits per heavy atom. The molecule has 0 aliphatic heterocycles. The van der Waals surface area contributed by atoms with Crippen LogP contribution in [0.15, 0.2) is 29.2 Å². The van der Waals surface area contributed by atoms with Crippen LogP contribution < -0.4 is 4.72 Å². The zero-order valence-corrected chi connectivity index (χ0v) is 14.1. The Kier molecular flexibility index (Phi) is 4.23. The van der Waals surface area contributed by atoms with E-state index in [-0.39, 0.29) is 10.9 Å². The average Bonchev–Trinajstić information content (AvgIpc) is 3.24. The maximum absolute atomic E-state index is 12.4. The van der Waals surface area contributed by atoms with Crippen LogP contribution >= 0.6 is 0 Å². The van der Waals surface area contributed by atoms with Gasteiger partial charge in [0, 0.05) is 6.04 Å². The molecule has 1 atom stereocenters. The molecule has 0 heterocycles. The monoisotopic (exact) mass is 337 g/mol. The number of nitrogens with one attached hydrogen (secondary N) is 1. The highest BCUT2D eigenvalue weighted by Crippen LogP contribution is 2.48. The second-order valence-corrected chi connectivity index (χ2v) is 8.68. The quantitative estimate of drug-likeness (QED) is 0.801. The van der Waals surface area contributed by atoms with Crippen LogP contribution in [0.4, 0.5) is 0 Å². The highest BCUT2D eigenvalue weighted by atomic mass is 32.2. The molecule has 2 N–H and O–H groups in total. The third-order valence-electron chi connectivity index (χ3n) is 5.14. The van der Waals surface area contributed by atoms with Gasteiger partial charge in [-0.15, -0.1) is 0 Å². The average molecular weight is 337 g/mol. The van der Waals surface area contributed by atoms with Crippen LogP contribution in [0.5, 0.6) is 0 Å². The predicted molar refractivity (Wildman–Crippen MR) is 86.7 cm³/mol. The summed E-state index contributed by atoms with van der Waals surface area (Å²) in [5, 5.41) is 9.29. The van der Waals surface area contributed by atoms with Crippen molar-refractivity contribution >= 4 is 16.0 Å². The first kappa shape index (κ1) is 16.5. The maximum Gasteiger partial charge on any atom is 0.314 e. The highest BCUT2D eigenvalue weighted by molar-refractivity contribution is 7.89. The summed E-state index contributed by atoms with van der Waals surface area (Å²) < 4.78 is 27.6. The van der Waals surface area contributed by atoms with E-state index < -0.39 is 21.4 Å². The van der Waals surface area contributed by atoms with Gasteiger partial charge in [-0.25, -0.2) is 13.1 Å². The second-order valence-electron chi connectivity index (χ2n) is 6.97. The lowest BCUT2D eigenvalue weighted by Gasteiger charge is -2.28. The summed E-state index contributed by atoms with van der Waals surface area (Å²) in [6.07, 6.45) is 5.74. The third-order valence-corrected chi connectivity index (χ3v) is 6.75. The molecule has 126 valence electrons. The molecule has 2 aliphatic rings. The summed E-state index contributed by atoms with van der Waals surface area (Å²) in [5.74, 6) is -0.194. The topological polar surface area (TPSA) is 83.5 Å². The SMILES string of the molecule is CC(CC1CCC1)NS(=O)(=O)c1ccc(C2(C(=O)O)CC2)cc1. The number of carboxylic acid groups (broad SMARTS) is 1. The number of hydrogen-bond donors (Lipinski definition) is 2. The van der Waals surface area contributed by atoms with Crippen molar-refractivity contribution in [2.45, 2.75) is 61.8 Å². The van der Waals surface area contributed by atoms with Gasteiger partial charge in [-0.1, -0.05) is 31.4 Å². The standard InChI is InChI=1S/C17H23NO4S/c1-12(11-13-3-2-4-13)18-23(21,22)15-7-5-14(6-8-15)17(9-10-17)16(19)20/h5-8,12-13,18H,2-4,9-11H2,1H3,(H,19,20). The molecular formula is C17H23NO4S. The summed E-state index contributed by atoms with van der Waals surface area (Å²) in [7, 11) is -3.55. The number of carbonyl (C=O) groups is 1. The van der Waals surface area contributed by atoms with Crippen LogP contribution in [0.3, 0.4) is 0 Å². The Hall–Kier alpha value is -1.40. The highest BCUT2D eigenvalue weighted by Gasteiger charge is 2.51. The molecule has 1 aromatic rings. The smallest absolute Gasteiger partial charge is 0.314 e. The van der Waals surface area contributed by atoms with Crippen molar-refractivity contribution in [3.05, 3.63) is 29.8 Å². The molecule has 6 heteroatoms. The molecule has 0 amide bonds. The van der Waals surface area contributed by atoms with Gasteiger partial charge in [0.1, 0.15) is 0 Å². The van der Waals surface area contributed by atoms with Gasteiger partial charge in [0.25, 0.3) is 0 Å². The molecular weight excluding hydrogens is 314 g/mol. The minimum atomic E-state index is -3.55. The first-order chi connectivity index (χ1) is 10.8. The van der Waals surface area contributed by atoms with Crippen molar-refractivity contribution in [3.63, 3.8) is 0 Å². The Bertz CT molecular complexity index is 688. The van der Waals surface area contributed by atoms with Gasteiger partial charge < -0.3 is 5.11 Å². The van der Waals surface area contributed by atoms with Crippen molar-refractivity contribution in [1.29, 1.82) is 0 Å². The van der Waals surface area contributed by atoms with Crippen LogP contribution in [0.2, 0.25) is 0 Å². The zero-order chi connectivity index (χ0) is 16.7. The van der Waals surface area contributed by atoms with Crippen LogP contribution in [0.25, 0.3) is 0 Å². The van der Waals surface area contributed by atoms with Gasteiger partial charge in [0.2, 0.25) is 10.0 Å². The first-order valence-electron chi connectivity index (χ1n) is 8.20. The Labute approximate surface area is 137 Å². The van der Waals surface area contributed by atoms with E-state index in [9.17, 15) is 18.3 Å². The van der Waals surface area contributed by atoms with Gasteiger partial charge in [-0.2, -0.15) is 0 Å². The molecule has 0 radical (unpaired) electrons. The fraction of sp³-hybridized carbons (Fsp3) is 0.588. The van der Waals surface area contributed by atoms with Gasteiger partial charge >= 0.3 is 5.97 Å². The molecule has 0 bridgehead atoms. The van der Waals surface area contributed by atoms with Crippen molar-refractivity contribution in [2.24, 2.45) is 5.92 Å². The van der Waals surface area contributed by atoms with Gasteiger partial charge in [0.15, 0.2) is 0 Å². The van der Waals surface area contributed by atoms with E-state index in [1.807, 2.05) is 6.92 Å². The summed E-state index contributed by atoms with van der Waals surface area (Å²) in [6.45, 7) is 1.90. The molecule has 0 aromatic heterocycles. The third kappa shape index (κ3) is 3.28. The Morgan fingerprint density at radius 3 is 2.35 bits per heavy atom. The van der Waals surface area contributed by atoms with Crippen LogP contribution in [-0.2, 0) is 20.2 Å². The van der Waals surface area contributed by atoms with E-state index >= 15 is 0 Å². The minimum absolute atomic E-state index is 0.0845. The van der Waals surface area contributed by atoms with Gasteiger partial charge in [-0.3, -0.25) is 4.79 Å². The Balaban J connectivity index is 1.69. The summed E-state index contributed by atoms with van der Waals surface area (Å²) in [5.41, 5.74) is -0.112. The fourth-order valence-corrected chi connectivity index (χ4v) is 4.57. The summed E-state index contributed by atoms with van der Waals surface area (Å²) in [4.78, 5) is 11.5. The largest absolute Gasteiger partial charge is 0.481 e. The zero-order valence-electron chi connectivity index (χ0n) is 13.3. The fourth-order valence-electron chi connectivity index (χ4n) is 3.31. The lowest BCUT2D eigenvalue weighted by atomic mass is 9.81. The van der Waals surface area contributed by atoms with E-state index in [2.05, 4.69) is 4.72 Å². The summed E-state index contributed by atoms with van der Waals surface area (Å²) >= 11 is 0. The number of rotatable bonds is 7. The molecule has 0 saturated heterocycles. The number of aliphatic carboxylic acids is 1. The molecule has 2 fully saturated rings. The number of carboxylic acids is 1. The van der Waals surface area contributed by atoms with Gasteiger partial charge in [-0.05, 0) is 49.8 Å². The lowest BCUT2D eigenvalue weighted by Crippen LogP contribution is -2.35. The molecule has 2 saturated carbocycles. The van der Waals surface area contributed by atoms with E-state index in [0.29, 0.717) is 24.3 Å². The lowest BCUT2D eigenvalue weighted by molar-refractivity contribution is -0.140. The van der Waals surface area contributed by atoms with Crippen LogP contribution in [0, 0.1) is 5.92 Å². The van der Waals surface area contributed by atoms with Crippen molar-refractivity contribution in [3.8, 4) is 0 Å². The van der Waals surface area contributed by atoms with Gasteiger partial charge in [0.05, 0.1) is 10.3 Å². The maximum atomic E-state index is 12.4. The molecule has 0 spiro atoms. The van der Waals surface area contributed by atoms with Crippen molar-refractivity contribution in [2.75, 3.05) is 0 Å². The van der Waals surface area contributed by atoms with Crippen LogP contribution in [0.1, 0.15) is 51.0 Å². The molecule has 1 unspecified atom stereocenters.